The van der Waals surface area contributed by atoms with Gasteiger partial charge in [0.1, 0.15) is 0 Å². The zero-order valence-electron chi connectivity index (χ0n) is 8.20. The lowest BCUT2D eigenvalue weighted by Crippen LogP contribution is -2.34. The van der Waals surface area contributed by atoms with E-state index in [-0.39, 0.29) is 18.3 Å². The van der Waals surface area contributed by atoms with Gasteiger partial charge in [-0.15, -0.1) is 0 Å². The minimum Gasteiger partial charge on any atom is -0.409 e. The van der Waals surface area contributed by atoms with Gasteiger partial charge in [0.25, 0.3) is 0 Å². The molecule has 0 aromatic carbocycles. The van der Waals surface area contributed by atoms with E-state index >= 15 is 0 Å². The SMILES string of the molecule is N/C(CNC(=O)CC1CCCC1)=N/O. The summed E-state index contributed by atoms with van der Waals surface area (Å²) in [5.41, 5.74) is 5.21. The van der Waals surface area contributed by atoms with E-state index < -0.39 is 0 Å². The van der Waals surface area contributed by atoms with Crippen molar-refractivity contribution in [2.75, 3.05) is 6.54 Å². The molecule has 1 aliphatic carbocycles. The first-order chi connectivity index (χ1) is 6.72. The summed E-state index contributed by atoms with van der Waals surface area (Å²) in [7, 11) is 0. The molecule has 0 aromatic heterocycles. The van der Waals surface area contributed by atoms with Crippen LogP contribution in [0, 0.1) is 5.92 Å². The highest BCUT2D eigenvalue weighted by molar-refractivity contribution is 5.86. The first-order valence-electron chi connectivity index (χ1n) is 4.95. The number of carbonyl (C=O) groups is 1. The van der Waals surface area contributed by atoms with Gasteiger partial charge >= 0.3 is 0 Å². The van der Waals surface area contributed by atoms with Crippen LogP contribution >= 0.6 is 0 Å². The van der Waals surface area contributed by atoms with Crippen LogP contribution in [0.25, 0.3) is 0 Å². The van der Waals surface area contributed by atoms with Crippen molar-refractivity contribution in [3.8, 4) is 0 Å². The molecule has 5 nitrogen and oxygen atoms in total. The van der Waals surface area contributed by atoms with E-state index in [9.17, 15) is 4.79 Å². The number of amidine groups is 1. The number of amides is 1. The summed E-state index contributed by atoms with van der Waals surface area (Å²) in [5.74, 6) is 0.551. The molecule has 1 aliphatic rings. The summed E-state index contributed by atoms with van der Waals surface area (Å²) in [6, 6.07) is 0. The van der Waals surface area contributed by atoms with E-state index in [1.807, 2.05) is 0 Å². The molecular formula is C9H17N3O2. The highest BCUT2D eigenvalue weighted by Gasteiger charge is 2.18. The zero-order valence-corrected chi connectivity index (χ0v) is 8.20. The maximum atomic E-state index is 11.3. The third-order valence-electron chi connectivity index (χ3n) is 2.54. The number of nitrogens with two attached hydrogens (primary N) is 1. The Hall–Kier alpha value is -1.26. The van der Waals surface area contributed by atoms with Crippen LogP contribution in [0.15, 0.2) is 5.16 Å². The Balaban J connectivity index is 2.15. The minimum absolute atomic E-state index is 0.0106. The van der Waals surface area contributed by atoms with E-state index in [0.29, 0.717) is 12.3 Å². The second kappa shape index (κ2) is 5.47. The lowest BCUT2D eigenvalue weighted by molar-refractivity contribution is -0.121. The maximum absolute atomic E-state index is 11.3. The molecule has 1 saturated carbocycles. The van der Waals surface area contributed by atoms with Crippen molar-refractivity contribution in [3.63, 3.8) is 0 Å². The van der Waals surface area contributed by atoms with E-state index in [2.05, 4.69) is 10.5 Å². The van der Waals surface area contributed by atoms with Gasteiger partial charge in [-0.1, -0.05) is 18.0 Å². The number of oxime groups is 1. The molecule has 80 valence electrons. The van der Waals surface area contributed by atoms with Crippen molar-refractivity contribution in [2.24, 2.45) is 16.8 Å². The average molecular weight is 199 g/mol. The number of nitrogens with one attached hydrogen (secondary N) is 1. The summed E-state index contributed by atoms with van der Waals surface area (Å²) in [5, 5.41) is 13.6. The number of hydrogen-bond donors (Lipinski definition) is 3. The van der Waals surface area contributed by atoms with Crippen LogP contribution in [0.4, 0.5) is 0 Å². The van der Waals surface area contributed by atoms with Crippen molar-refractivity contribution in [1.29, 1.82) is 0 Å². The summed E-state index contributed by atoms with van der Waals surface area (Å²) < 4.78 is 0. The second-order valence-corrected chi connectivity index (χ2v) is 3.72. The quantitative estimate of drug-likeness (QED) is 0.265. The Morgan fingerprint density at radius 1 is 1.50 bits per heavy atom. The fourth-order valence-corrected chi connectivity index (χ4v) is 1.77. The van der Waals surface area contributed by atoms with Crippen molar-refractivity contribution in [1.82, 2.24) is 5.32 Å². The molecular weight excluding hydrogens is 182 g/mol. The van der Waals surface area contributed by atoms with Crippen molar-refractivity contribution < 1.29 is 10.0 Å². The minimum atomic E-state index is -0.0106. The van der Waals surface area contributed by atoms with Gasteiger partial charge in [0.15, 0.2) is 5.84 Å². The van der Waals surface area contributed by atoms with Crippen LogP contribution in [0.1, 0.15) is 32.1 Å². The standard InChI is InChI=1S/C9H17N3O2/c10-8(12-14)6-11-9(13)5-7-3-1-2-4-7/h7,14H,1-6H2,(H2,10,12)(H,11,13). The molecule has 4 N–H and O–H groups in total. The highest BCUT2D eigenvalue weighted by atomic mass is 16.4. The van der Waals surface area contributed by atoms with Gasteiger partial charge in [-0.05, 0) is 18.8 Å². The zero-order chi connectivity index (χ0) is 10.4. The summed E-state index contributed by atoms with van der Waals surface area (Å²) >= 11 is 0. The molecule has 0 heterocycles. The fourth-order valence-electron chi connectivity index (χ4n) is 1.77. The number of nitrogens with zero attached hydrogens (tertiary/aromatic N) is 1. The highest BCUT2D eigenvalue weighted by Crippen LogP contribution is 2.27. The summed E-state index contributed by atoms with van der Waals surface area (Å²) in [4.78, 5) is 11.3. The molecule has 0 radical (unpaired) electrons. The lowest BCUT2D eigenvalue weighted by atomic mass is 10.0. The molecule has 14 heavy (non-hydrogen) atoms. The van der Waals surface area contributed by atoms with E-state index in [1.54, 1.807) is 0 Å². The van der Waals surface area contributed by atoms with Gasteiger partial charge in [-0.25, -0.2) is 0 Å². The molecule has 0 bridgehead atoms. The fraction of sp³-hybridized carbons (Fsp3) is 0.778. The Kier molecular flexibility index (Phi) is 4.22. The molecule has 5 heteroatoms. The van der Waals surface area contributed by atoms with Gasteiger partial charge < -0.3 is 16.3 Å². The van der Waals surface area contributed by atoms with Crippen LogP contribution < -0.4 is 11.1 Å². The number of rotatable bonds is 4. The van der Waals surface area contributed by atoms with E-state index in [0.717, 1.165) is 12.8 Å². The largest absolute Gasteiger partial charge is 0.409 e. The molecule has 1 amide bonds. The maximum Gasteiger partial charge on any atom is 0.220 e. The van der Waals surface area contributed by atoms with Crippen molar-refractivity contribution >= 4 is 11.7 Å². The summed E-state index contributed by atoms with van der Waals surface area (Å²) in [6.07, 6.45) is 5.34. The Morgan fingerprint density at radius 3 is 2.71 bits per heavy atom. The van der Waals surface area contributed by atoms with Gasteiger partial charge in [-0.2, -0.15) is 0 Å². The molecule has 1 fully saturated rings. The van der Waals surface area contributed by atoms with Crippen LogP contribution in [0.2, 0.25) is 0 Å². The van der Waals surface area contributed by atoms with Crippen LogP contribution in [0.3, 0.4) is 0 Å². The van der Waals surface area contributed by atoms with Crippen LogP contribution in [-0.2, 0) is 4.79 Å². The lowest BCUT2D eigenvalue weighted by Gasteiger charge is -2.08. The van der Waals surface area contributed by atoms with E-state index in [4.69, 9.17) is 10.9 Å². The second-order valence-electron chi connectivity index (χ2n) is 3.72. The molecule has 0 unspecified atom stereocenters. The van der Waals surface area contributed by atoms with Gasteiger partial charge in [0.2, 0.25) is 5.91 Å². The first-order valence-corrected chi connectivity index (χ1v) is 4.95. The Bertz CT molecular complexity index is 222. The molecule has 0 atom stereocenters. The molecule has 0 aliphatic heterocycles. The Morgan fingerprint density at radius 2 is 2.14 bits per heavy atom. The predicted octanol–water partition coefficient (Wildman–Crippen LogP) is 0.429. The normalized spacial score (nSPS) is 18.4. The third-order valence-corrected chi connectivity index (χ3v) is 2.54. The van der Waals surface area contributed by atoms with Gasteiger partial charge in [0.05, 0.1) is 6.54 Å². The smallest absolute Gasteiger partial charge is 0.220 e. The first kappa shape index (κ1) is 10.8. The average Bonchev–Trinajstić information content (AvgIpc) is 2.66. The number of carbonyl (C=O) groups excluding carboxylic acids is 1. The molecule has 0 aromatic rings. The number of hydrogen-bond acceptors (Lipinski definition) is 3. The van der Waals surface area contributed by atoms with E-state index in [1.165, 1.54) is 12.8 Å². The van der Waals surface area contributed by atoms with Crippen molar-refractivity contribution in [2.45, 2.75) is 32.1 Å². The van der Waals surface area contributed by atoms with Gasteiger partial charge in [0, 0.05) is 6.42 Å². The van der Waals surface area contributed by atoms with Crippen LogP contribution in [0.5, 0.6) is 0 Å². The summed E-state index contributed by atoms with van der Waals surface area (Å²) in [6.45, 7) is 0.127. The molecule has 0 spiro atoms. The van der Waals surface area contributed by atoms with Crippen molar-refractivity contribution in [3.05, 3.63) is 0 Å². The van der Waals surface area contributed by atoms with Gasteiger partial charge in [-0.3, -0.25) is 4.79 Å². The molecule has 0 saturated heterocycles. The monoisotopic (exact) mass is 199 g/mol. The van der Waals surface area contributed by atoms with Crippen LogP contribution in [-0.4, -0.2) is 23.5 Å². The predicted molar refractivity (Wildman–Crippen MR) is 53.0 cm³/mol. The topological polar surface area (TPSA) is 87.7 Å². The third kappa shape index (κ3) is 3.64. The molecule has 1 rings (SSSR count). The Labute approximate surface area is 83.3 Å².